The van der Waals surface area contributed by atoms with E-state index in [-0.39, 0.29) is 29.1 Å². The van der Waals surface area contributed by atoms with Crippen LogP contribution in [-0.4, -0.2) is 17.0 Å². The maximum atomic E-state index is 11.8. The van der Waals surface area contributed by atoms with Crippen molar-refractivity contribution in [2.75, 3.05) is 0 Å². The third-order valence-electron chi connectivity index (χ3n) is 3.51. The standard InChI is InChI=1S/C17H24O6/c1-8(2)16(19)21-15-12(7)14(11(6)10(5)13(15)18)22-23-17(20)9(3)4/h8-9,18H,1-7H3. The van der Waals surface area contributed by atoms with Crippen molar-refractivity contribution >= 4 is 11.9 Å². The minimum absolute atomic E-state index is 0.0161. The molecule has 0 aromatic heterocycles. The molecule has 128 valence electrons. The predicted molar refractivity (Wildman–Crippen MR) is 84.3 cm³/mol. The first-order chi connectivity index (χ1) is 10.6. The van der Waals surface area contributed by atoms with Crippen LogP contribution >= 0.6 is 0 Å². The van der Waals surface area contributed by atoms with Crippen molar-refractivity contribution in [1.29, 1.82) is 0 Å². The first-order valence-corrected chi connectivity index (χ1v) is 7.50. The zero-order valence-electron chi connectivity index (χ0n) is 14.6. The molecular weight excluding hydrogens is 300 g/mol. The number of phenolic OH excluding ortho intramolecular Hbond substituents is 1. The minimum atomic E-state index is -0.518. The van der Waals surface area contributed by atoms with Crippen LogP contribution < -0.4 is 9.62 Å². The molecule has 6 nitrogen and oxygen atoms in total. The molecule has 0 bridgehead atoms. The van der Waals surface area contributed by atoms with Crippen LogP contribution in [0.2, 0.25) is 0 Å². The first kappa shape index (κ1) is 18.8. The summed E-state index contributed by atoms with van der Waals surface area (Å²) in [5, 5.41) is 10.2. The quantitative estimate of drug-likeness (QED) is 0.387. The normalized spacial score (nSPS) is 10.8. The summed E-state index contributed by atoms with van der Waals surface area (Å²) in [6, 6.07) is 0. The summed E-state index contributed by atoms with van der Waals surface area (Å²) in [6.45, 7) is 11.7. The lowest BCUT2D eigenvalue weighted by Gasteiger charge is -2.18. The molecule has 0 spiro atoms. The molecule has 0 aliphatic rings. The van der Waals surface area contributed by atoms with E-state index in [2.05, 4.69) is 0 Å². The number of hydrogen-bond donors (Lipinski definition) is 1. The van der Waals surface area contributed by atoms with E-state index in [1.54, 1.807) is 48.5 Å². The Hall–Kier alpha value is -2.24. The van der Waals surface area contributed by atoms with Crippen LogP contribution in [-0.2, 0) is 14.5 Å². The fraction of sp³-hybridized carbons (Fsp3) is 0.529. The van der Waals surface area contributed by atoms with E-state index in [0.717, 1.165) is 0 Å². The maximum absolute atomic E-state index is 11.8. The number of phenols is 1. The second kappa shape index (κ2) is 7.35. The predicted octanol–water partition coefficient (Wildman–Crippen LogP) is 3.37. The van der Waals surface area contributed by atoms with Crippen molar-refractivity contribution in [2.24, 2.45) is 11.8 Å². The van der Waals surface area contributed by atoms with Crippen LogP contribution in [0.1, 0.15) is 44.4 Å². The first-order valence-electron chi connectivity index (χ1n) is 7.50. The van der Waals surface area contributed by atoms with Crippen molar-refractivity contribution in [2.45, 2.75) is 48.5 Å². The third kappa shape index (κ3) is 4.15. The van der Waals surface area contributed by atoms with Crippen molar-refractivity contribution < 1.29 is 29.2 Å². The van der Waals surface area contributed by atoms with E-state index < -0.39 is 11.9 Å². The number of carbonyl (C=O) groups excluding carboxylic acids is 2. The van der Waals surface area contributed by atoms with E-state index in [0.29, 0.717) is 16.7 Å². The van der Waals surface area contributed by atoms with Gasteiger partial charge in [-0.3, -0.25) is 14.6 Å². The summed E-state index contributed by atoms with van der Waals surface area (Å²) in [5.41, 5.74) is 1.47. The lowest BCUT2D eigenvalue weighted by Crippen LogP contribution is -2.17. The third-order valence-corrected chi connectivity index (χ3v) is 3.51. The summed E-state index contributed by atoms with van der Waals surface area (Å²) >= 11 is 0. The fourth-order valence-corrected chi connectivity index (χ4v) is 1.73. The highest BCUT2D eigenvalue weighted by molar-refractivity contribution is 5.77. The van der Waals surface area contributed by atoms with Gasteiger partial charge in [0.25, 0.3) is 0 Å². The van der Waals surface area contributed by atoms with Crippen LogP contribution in [0.3, 0.4) is 0 Å². The van der Waals surface area contributed by atoms with Gasteiger partial charge in [-0.2, -0.15) is 0 Å². The molecule has 0 radical (unpaired) electrons. The van der Waals surface area contributed by atoms with Crippen LogP contribution in [0.4, 0.5) is 0 Å². The van der Waals surface area contributed by atoms with Crippen LogP contribution in [0.15, 0.2) is 0 Å². The van der Waals surface area contributed by atoms with Crippen LogP contribution in [0, 0.1) is 32.6 Å². The zero-order valence-corrected chi connectivity index (χ0v) is 14.6. The molecule has 0 saturated carbocycles. The topological polar surface area (TPSA) is 82.1 Å². The van der Waals surface area contributed by atoms with Gasteiger partial charge in [0.05, 0.1) is 11.8 Å². The molecule has 0 aliphatic carbocycles. The van der Waals surface area contributed by atoms with Gasteiger partial charge < -0.3 is 9.84 Å². The molecule has 0 aliphatic heterocycles. The van der Waals surface area contributed by atoms with E-state index in [4.69, 9.17) is 14.5 Å². The summed E-state index contributed by atoms with van der Waals surface area (Å²) in [7, 11) is 0. The SMILES string of the molecule is Cc1c(C)c(OOC(=O)C(C)C)c(C)c(OC(=O)C(C)C)c1O. The molecule has 1 aromatic rings. The molecular formula is C17H24O6. The Morgan fingerprint density at radius 3 is 1.83 bits per heavy atom. The number of aromatic hydroxyl groups is 1. The number of esters is 1. The largest absolute Gasteiger partial charge is 0.504 e. The van der Waals surface area contributed by atoms with Gasteiger partial charge in [-0.25, -0.2) is 4.79 Å². The van der Waals surface area contributed by atoms with Crippen molar-refractivity contribution in [3.05, 3.63) is 16.7 Å². The second-order valence-corrected chi connectivity index (χ2v) is 6.10. The number of ether oxygens (including phenoxy) is 1. The van der Waals surface area contributed by atoms with Gasteiger partial charge in [0.2, 0.25) is 0 Å². The van der Waals surface area contributed by atoms with Gasteiger partial charge in [-0.1, -0.05) is 27.7 Å². The summed E-state index contributed by atoms with van der Waals surface area (Å²) in [6.07, 6.45) is 0. The Morgan fingerprint density at radius 2 is 1.35 bits per heavy atom. The van der Waals surface area contributed by atoms with E-state index >= 15 is 0 Å². The number of carbonyl (C=O) groups is 2. The Morgan fingerprint density at radius 1 is 0.826 bits per heavy atom. The van der Waals surface area contributed by atoms with Gasteiger partial charge in [-0.05, 0) is 20.8 Å². The number of benzene rings is 1. The fourth-order valence-electron chi connectivity index (χ4n) is 1.73. The highest BCUT2D eigenvalue weighted by Crippen LogP contribution is 2.42. The molecule has 1 aromatic carbocycles. The molecule has 1 N–H and O–H groups in total. The minimum Gasteiger partial charge on any atom is -0.504 e. The molecule has 23 heavy (non-hydrogen) atoms. The van der Waals surface area contributed by atoms with Gasteiger partial charge in [0.15, 0.2) is 17.2 Å². The van der Waals surface area contributed by atoms with E-state index in [1.807, 2.05) is 0 Å². The number of hydrogen-bond acceptors (Lipinski definition) is 6. The van der Waals surface area contributed by atoms with Crippen molar-refractivity contribution in [1.82, 2.24) is 0 Å². The Kier molecular flexibility index (Phi) is 6.01. The molecule has 1 rings (SSSR count). The Labute approximate surface area is 136 Å². The second-order valence-electron chi connectivity index (χ2n) is 6.10. The molecule has 0 unspecified atom stereocenters. The van der Waals surface area contributed by atoms with E-state index in [9.17, 15) is 14.7 Å². The highest BCUT2D eigenvalue weighted by atomic mass is 17.2. The molecule has 6 heteroatoms. The van der Waals surface area contributed by atoms with Crippen molar-refractivity contribution in [3.8, 4) is 17.2 Å². The lowest BCUT2D eigenvalue weighted by atomic mass is 10.0. The average Bonchev–Trinajstić information content (AvgIpc) is 2.48. The van der Waals surface area contributed by atoms with E-state index in [1.165, 1.54) is 0 Å². The van der Waals surface area contributed by atoms with Crippen molar-refractivity contribution in [3.63, 3.8) is 0 Å². The summed E-state index contributed by atoms with van der Waals surface area (Å²) in [4.78, 5) is 33.3. The molecule has 0 heterocycles. The van der Waals surface area contributed by atoms with Crippen LogP contribution in [0.5, 0.6) is 17.2 Å². The Balaban J connectivity index is 3.23. The smallest absolute Gasteiger partial charge is 0.357 e. The van der Waals surface area contributed by atoms with Gasteiger partial charge in [-0.15, -0.1) is 0 Å². The maximum Gasteiger partial charge on any atom is 0.357 e. The summed E-state index contributed by atoms with van der Waals surface area (Å²) in [5.74, 6) is -1.54. The molecule has 0 amide bonds. The highest BCUT2D eigenvalue weighted by Gasteiger charge is 2.24. The van der Waals surface area contributed by atoms with Gasteiger partial charge >= 0.3 is 11.9 Å². The van der Waals surface area contributed by atoms with Gasteiger partial charge in [0, 0.05) is 16.7 Å². The van der Waals surface area contributed by atoms with Gasteiger partial charge in [0.1, 0.15) is 0 Å². The Bertz CT molecular complexity index is 616. The average molecular weight is 324 g/mol. The van der Waals surface area contributed by atoms with Crippen LogP contribution in [0.25, 0.3) is 0 Å². The molecule has 0 atom stereocenters. The molecule has 0 saturated heterocycles. The molecule has 0 fully saturated rings. The number of rotatable bonds is 5. The zero-order chi connectivity index (χ0) is 17.9. The lowest BCUT2D eigenvalue weighted by molar-refractivity contribution is -0.218. The summed E-state index contributed by atoms with van der Waals surface area (Å²) < 4.78 is 5.26. The monoisotopic (exact) mass is 324 g/mol.